The molecular formula is C14H12F2O2. The second kappa shape index (κ2) is 5.04. The monoisotopic (exact) mass is 250 g/mol. The number of halogens is 2. The molecule has 2 aromatic rings. The van der Waals surface area contributed by atoms with Gasteiger partial charge in [0.25, 0.3) is 0 Å². The Balaban J connectivity index is 2.05. The van der Waals surface area contributed by atoms with Crippen LogP contribution in [0.25, 0.3) is 0 Å². The average Bonchev–Trinajstić information content (AvgIpc) is 2.38. The largest absolute Gasteiger partial charge is 0.508 e. The number of phenolic OH excluding ortho intramolecular Hbond substituents is 1. The summed E-state index contributed by atoms with van der Waals surface area (Å²) in [5.74, 6) is -2.87. The topological polar surface area (TPSA) is 29.5 Å². The number of aromatic hydroxyl groups is 1. The van der Waals surface area contributed by atoms with Crippen molar-refractivity contribution >= 4 is 0 Å². The van der Waals surface area contributed by atoms with Crippen molar-refractivity contribution in [1.82, 2.24) is 0 Å². The van der Waals surface area contributed by atoms with Crippen molar-refractivity contribution < 1.29 is 18.6 Å². The molecule has 0 bridgehead atoms. The first kappa shape index (κ1) is 12.4. The summed E-state index contributed by atoms with van der Waals surface area (Å²) >= 11 is 0. The number of benzene rings is 2. The van der Waals surface area contributed by atoms with Crippen molar-refractivity contribution in [1.29, 1.82) is 0 Å². The van der Waals surface area contributed by atoms with E-state index in [1.807, 2.05) is 0 Å². The number of alkyl halides is 2. The van der Waals surface area contributed by atoms with E-state index in [2.05, 4.69) is 0 Å². The van der Waals surface area contributed by atoms with Crippen LogP contribution < -0.4 is 4.74 Å². The van der Waals surface area contributed by atoms with Gasteiger partial charge in [-0.15, -0.1) is 0 Å². The minimum absolute atomic E-state index is 0.0180. The lowest BCUT2D eigenvalue weighted by Crippen LogP contribution is -2.22. The maximum atomic E-state index is 13.8. The van der Waals surface area contributed by atoms with E-state index >= 15 is 0 Å². The lowest BCUT2D eigenvalue weighted by atomic mass is 10.1. The molecule has 1 N–H and O–H groups in total. The van der Waals surface area contributed by atoms with Crippen LogP contribution >= 0.6 is 0 Å². The van der Waals surface area contributed by atoms with Crippen LogP contribution in [0.2, 0.25) is 0 Å². The Hall–Kier alpha value is -2.10. The van der Waals surface area contributed by atoms with Gasteiger partial charge < -0.3 is 9.84 Å². The van der Waals surface area contributed by atoms with E-state index in [0.717, 1.165) is 0 Å². The van der Waals surface area contributed by atoms with Crippen LogP contribution in [-0.4, -0.2) is 11.7 Å². The molecule has 0 aliphatic rings. The van der Waals surface area contributed by atoms with Crippen molar-refractivity contribution in [2.24, 2.45) is 0 Å². The van der Waals surface area contributed by atoms with Crippen molar-refractivity contribution in [3.05, 3.63) is 60.2 Å². The Morgan fingerprint density at radius 2 is 1.72 bits per heavy atom. The van der Waals surface area contributed by atoms with Gasteiger partial charge in [0, 0.05) is 11.6 Å². The molecule has 2 nitrogen and oxygen atoms in total. The fourth-order valence-corrected chi connectivity index (χ4v) is 1.51. The first-order valence-corrected chi connectivity index (χ1v) is 5.43. The van der Waals surface area contributed by atoms with Crippen molar-refractivity contribution in [2.75, 3.05) is 6.61 Å². The first-order valence-electron chi connectivity index (χ1n) is 5.43. The van der Waals surface area contributed by atoms with E-state index in [1.54, 1.807) is 18.2 Å². The molecule has 0 unspecified atom stereocenters. The number of hydrogen-bond donors (Lipinski definition) is 1. The molecule has 18 heavy (non-hydrogen) atoms. The van der Waals surface area contributed by atoms with Gasteiger partial charge in [0.15, 0.2) is 6.61 Å². The molecule has 0 atom stereocenters. The van der Waals surface area contributed by atoms with Crippen molar-refractivity contribution in [2.45, 2.75) is 5.92 Å². The molecule has 0 radical (unpaired) electrons. The highest BCUT2D eigenvalue weighted by Crippen LogP contribution is 2.29. The predicted octanol–water partition coefficient (Wildman–Crippen LogP) is 3.56. The van der Waals surface area contributed by atoms with Crippen LogP contribution in [0.3, 0.4) is 0 Å². The van der Waals surface area contributed by atoms with E-state index in [1.165, 1.54) is 36.4 Å². The Kier molecular flexibility index (Phi) is 3.46. The zero-order chi connectivity index (χ0) is 13.0. The summed E-state index contributed by atoms with van der Waals surface area (Å²) in [4.78, 5) is 0. The quantitative estimate of drug-likeness (QED) is 0.899. The average molecular weight is 250 g/mol. The van der Waals surface area contributed by atoms with Crippen LogP contribution in [-0.2, 0) is 5.92 Å². The van der Waals surface area contributed by atoms with E-state index in [4.69, 9.17) is 4.74 Å². The normalized spacial score (nSPS) is 11.2. The molecule has 0 aliphatic carbocycles. The molecule has 0 amide bonds. The lowest BCUT2D eigenvalue weighted by molar-refractivity contribution is -0.0467. The van der Waals surface area contributed by atoms with Gasteiger partial charge in [-0.1, -0.05) is 36.4 Å². The minimum Gasteiger partial charge on any atom is -0.508 e. The predicted molar refractivity (Wildman–Crippen MR) is 63.9 cm³/mol. The SMILES string of the molecule is Oc1cccc(OCC(F)(F)c2ccccc2)c1. The van der Waals surface area contributed by atoms with Gasteiger partial charge in [-0.2, -0.15) is 8.78 Å². The number of hydrogen-bond acceptors (Lipinski definition) is 2. The molecule has 2 aromatic carbocycles. The molecule has 0 spiro atoms. The second-order valence-corrected chi connectivity index (χ2v) is 3.86. The third-order valence-electron chi connectivity index (χ3n) is 2.43. The van der Waals surface area contributed by atoms with Crippen LogP contribution in [0.1, 0.15) is 5.56 Å². The van der Waals surface area contributed by atoms with Crippen LogP contribution in [0.5, 0.6) is 11.5 Å². The smallest absolute Gasteiger partial charge is 0.306 e. The van der Waals surface area contributed by atoms with Crippen LogP contribution in [0.4, 0.5) is 8.78 Å². The Bertz CT molecular complexity index is 512. The van der Waals surface area contributed by atoms with Gasteiger partial charge >= 0.3 is 5.92 Å². The number of ether oxygens (including phenoxy) is 1. The fraction of sp³-hybridized carbons (Fsp3) is 0.143. The van der Waals surface area contributed by atoms with E-state index in [0.29, 0.717) is 0 Å². The highest BCUT2D eigenvalue weighted by Gasteiger charge is 2.32. The molecule has 0 saturated carbocycles. The van der Waals surface area contributed by atoms with Gasteiger partial charge in [-0.05, 0) is 12.1 Å². The first-order chi connectivity index (χ1) is 8.58. The molecular weight excluding hydrogens is 238 g/mol. The van der Waals surface area contributed by atoms with Gasteiger partial charge in [-0.25, -0.2) is 0 Å². The minimum atomic E-state index is -3.06. The Morgan fingerprint density at radius 3 is 2.39 bits per heavy atom. The Morgan fingerprint density at radius 1 is 1.00 bits per heavy atom. The second-order valence-electron chi connectivity index (χ2n) is 3.86. The van der Waals surface area contributed by atoms with E-state index in [-0.39, 0.29) is 17.1 Å². The number of rotatable bonds is 4. The summed E-state index contributed by atoms with van der Waals surface area (Å²) in [6.45, 7) is -0.763. The lowest BCUT2D eigenvalue weighted by Gasteiger charge is -2.17. The summed E-state index contributed by atoms with van der Waals surface area (Å²) in [5, 5.41) is 9.19. The molecule has 0 aliphatic heterocycles. The maximum Gasteiger partial charge on any atom is 0.306 e. The summed E-state index contributed by atoms with van der Waals surface area (Å²) < 4.78 is 32.5. The summed E-state index contributed by atoms with van der Waals surface area (Å²) in [7, 11) is 0. The molecule has 0 aromatic heterocycles. The fourth-order valence-electron chi connectivity index (χ4n) is 1.51. The zero-order valence-corrected chi connectivity index (χ0v) is 9.51. The highest BCUT2D eigenvalue weighted by molar-refractivity contribution is 5.32. The van der Waals surface area contributed by atoms with Gasteiger partial charge in [0.2, 0.25) is 0 Å². The summed E-state index contributed by atoms with van der Waals surface area (Å²) in [5.41, 5.74) is -0.0925. The molecule has 0 heterocycles. The highest BCUT2D eigenvalue weighted by atomic mass is 19.3. The van der Waals surface area contributed by atoms with Gasteiger partial charge in [0.05, 0.1) is 0 Å². The molecule has 0 fully saturated rings. The molecule has 0 saturated heterocycles. The molecule has 4 heteroatoms. The summed E-state index contributed by atoms with van der Waals surface area (Å²) in [6.07, 6.45) is 0. The maximum absolute atomic E-state index is 13.8. The van der Waals surface area contributed by atoms with Crippen LogP contribution in [0, 0.1) is 0 Å². The third kappa shape index (κ3) is 2.97. The van der Waals surface area contributed by atoms with Gasteiger partial charge in [0.1, 0.15) is 11.5 Å². The standard InChI is InChI=1S/C14H12F2O2/c15-14(16,11-5-2-1-3-6-11)10-18-13-8-4-7-12(17)9-13/h1-9,17H,10H2. The number of phenols is 1. The molecule has 94 valence electrons. The van der Waals surface area contributed by atoms with E-state index in [9.17, 15) is 13.9 Å². The van der Waals surface area contributed by atoms with E-state index < -0.39 is 12.5 Å². The van der Waals surface area contributed by atoms with Crippen molar-refractivity contribution in [3.63, 3.8) is 0 Å². The van der Waals surface area contributed by atoms with Gasteiger partial charge in [-0.3, -0.25) is 0 Å². The third-order valence-corrected chi connectivity index (χ3v) is 2.43. The summed E-state index contributed by atoms with van der Waals surface area (Å²) in [6, 6.07) is 13.3. The Labute approximate surface area is 103 Å². The van der Waals surface area contributed by atoms with Crippen LogP contribution in [0.15, 0.2) is 54.6 Å². The molecule has 2 rings (SSSR count). The van der Waals surface area contributed by atoms with Crippen molar-refractivity contribution in [3.8, 4) is 11.5 Å². The zero-order valence-electron chi connectivity index (χ0n) is 9.51.